The third-order valence-electron chi connectivity index (χ3n) is 0.999. The molecule has 0 radical (unpaired) electrons. The van der Waals surface area contributed by atoms with E-state index in [0.717, 1.165) is 24.5 Å². The number of aromatic nitrogens is 1. The lowest BCUT2D eigenvalue weighted by molar-refractivity contribution is -0.117. The van der Waals surface area contributed by atoms with Gasteiger partial charge in [-0.2, -0.15) is 0 Å². The molecule has 0 aliphatic heterocycles. The van der Waals surface area contributed by atoms with E-state index in [0.29, 0.717) is 0 Å². The van der Waals surface area contributed by atoms with Crippen molar-refractivity contribution in [3.8, 4) is 0 Å². The number of carbonyl (C=O) groups is 1. The molecule has 13 heavy (non-hydrogen) atoms. The highest BCUT2D eigenvalue weighted by atomic mass is 35.5. The highest BCUT2D eigenvalue weighted by Crippen LogP contribution is 2.21. The predicted molar refractivity (Wildman–Crippen MR) is 48.1 cm³/mol. The van der Waals surface area contributed by atoms with E-state index in [9.17, 15) is 13.2 Å². The molecule has 72 valence electrons. The second kappa shape index (κ2) is 3.60. The Bertz CT molecular complexity index is 425. The second-order valence-corrected chi connectivity index (χ2v) is 5.62. The molecular weight excluding hydrogens is 236 g/mol. The fraction of sp³-hybridized carbons (Fsp3) is 0.200. The molecule has 1 aromatic heterocycles. The maximum Gasteiger partial charge on any atom is 0.275 e. The van der Waals surface area contributed by atoms with Gasteiger partial charge in [0.1, 0.15) is 0 Å². The molecule has 1 N–H and O–H groups in total. The Morgan fingerprint density at radius 3 is 2.69 bits per heavy atom. The highest BCUT2D eigenvalue weighted by molar-refractivity contribution is 7.92. The minimum atomic E-state index is -3.77. The molecule has 0 aliphatic rings. The summed E-state index contributed by atoms with van der Waals surface area (Å²) in [4.78, 5) is 14.0. The number of nitrogens with zero attached hydrogens (tertiary/aromatic N) is 1. The van der Waals surface area contributed by atoms with Gasteiger partial charge in [-0.15, -0.1) is 0 Å². The minimum absolute atomic E-state index is 0.0762. The van der Waals surface area contributed by atoms with Crippen molar-refractivity contribution in [2.75, 3.05) is 0 Å². The lowest BCUT2D eigenvalue weighted by atomic mass is 10.8. The van der Waals surface area contributed by atoms with E-state index in [4.69, 9.17) is 11.6 Å². The van der Waals surface area contributed by atoms with Crippen LogP contribution < -0.4 is 4.72 Å². The molecule has 1 rings (SSSR count). The SMILES string of the molecule is CC(=O)NS(=O)(=O)c1cnc(Cl)s1. The van der Waals surface area contributed by atoms with Crippen LogP contribution in [-0.4, -0.2) is 19.3 Å². The molecule has 0 saturated carbocycles. The Balaban J connectivity index is 3.01. The number of sulfonamides is 1. The van der Waals surface area contributed by atoms with Crippen LogP contribution in [0.25, 0.3) is 0 Å². The number of rotatable bonds is 2. The Hall–Kier alpha value is -0.660. The molecule has 0 aromatic carbocycles. The molecule has 0 unspecified atom stereocenters. The number of carbonyl (C=O) groups excluding carboxylic acids is 1. The van der Waals surface area contributed by atoms with Gasteiger partial charge < -0.3 is 0 Å². The Morgan fingerprint density at radius 2 is 2.31 bits per heavy atom. The molecule has 0 bridgehead atoms. The average molecular weight is 241 g/mol. The fourth-order valence-electron chi connectivity index (χ4n) is 0.603. The van der Waals surface area contributed by atoms with Gasteiger partial charge in [0.15, 0.2) is 8.68 Å². The van der Waals surface area contributed by atoms with E-state index in [1.165, 1.54) is 0 Å². The van der Waals surface area contributed by atoms with Crippen LogP contribution in [-0.2, 0) is 14.8 Å². The van der Waals surface area contributed by atoms with E-state index in [2.05, 4.69) is 4.98 Å². The van der Waals surface area contributed by atoms with Crippen LogP contribution in [0, 0.1) is 0 Å². The second-order valence-electron chi connectivity index (χ2n) is 2.09. The molecule has 0 saturated heterocycles. The molecule has 0 fully saturated rings. The number of thiazole rings is 1. The van der Waals surface area contributed by atoms with E-state index < -0.39 is 15.9 Å². The van der Waals surface area contributed by atoms with E-state index in [1.807, 2.05) is 0 Å². The summed E-state index contributed by atoms with van der Waals surface area (Å²) in [5, 5.41) is 0. The van der Waals surface area contributed by atoms with Crippen LogP contribution in [0.15, 0.2) is 10.4 Å². The average Bonchev–Trinajstić information content (AvgIpc) is 2.32. The summed E-state index contributed by atoms with van der Waals surface area (Å²) in [6, 6.07) is 0. The van der Waals surface area contributed by atoms with Crippen molar-refractivity contribution in [1.29, 1.82) is 0 Å². The summed E-state index contributed by atoms with van der Waals surface area (Å²) >= 11 is 6.22. The van der Waals surface area contributed by atoms with Crippen LogP contribution in [0.5, 0.6) is 0 Å². The van der Waals surface area contributed by atoms with Gasteiger partial charge in [-0.05, 0) is 0 Å². The molecule has 1 aromatic rings. The topological polar surface area (TPSA) is 76.1 Å². The van der Waals surface area contributed by atoms with Gasteiger partial charge in [0.05, 0.1) is 6.20 Å². The zero-order chi connectivity index (χ0) is 10.1. The van der Waals surface area contributed by atoms with Crippen molar-refractivity contribution >= 4 is 38.9 Å². The molecule has 0 spiro atoms. The molecule has 5 nitrogen and oxygen atoms in total. The molecule has 8 heteroatoms. The first-order valence-electron chi connectivity index (χ1n) is 3.06. The maximum absolute atomic E-state index is 11.2. The fourth-order valence-corrected chi connectivity index (χ4v) is 2.89. The first-order chi connectivity index (χ1) is 5.92. The van der Waals surface area contributed by atoms with Crippen LogP contribution >= 0.6 is 22.9 Å². The largest absolute Gasteiger partial charge is 0.275 e. The zero-order valence-corrected chi connectivity index (χ0v) is 8.83. The van der Waals surface area contributed by atoms with Crippen LogP contribution in [0.1, 0.15) is 6.92 Å². The van der Waals surface area contributed by atoms with Gasteiger partial charge in [0.25, 0.3) is 10.0 Å². The summed E-state index contributed by atoms with van der Waals surface area (Å²) in [7, 11) is -3.77. The standard InChI is InChI=1S/C5H5ClN2O3S2/c1-3(9)8-13(10,11)4-2-7-5(6)12-4/h2H,1H3,(H,8,9). The third kappa shape index (κ3) is 2.64. The molecule has 0 atom stereocenters. The van der Waals surface area contributed by atoms with Crippen molar-refractivity contribution in [2.24, 2.45) is 0 Å². The number of halogens is 1. The van der Waals surface area contributed by atoms with E-state index in [1.54, 1.807) is 4.72 Å². The smallest absolute Gasteiger partial charge is 0.274 e. The lowest BCUT2D eigenvalue weighted by Crippen LogP contribution is -2.27. The third-order valence-corrected chi connectivity index (χ3v) is 4.01. The predicted octanol–water partition coefficient (Wildman–Crippen LogP) is 0.621. The maximum atomic E-state index is 11.2. The van der Waals surface area contributed by atoms with Crippen molar-refractivity contribution in [2.45, 2.75) is 11.1 Å². The van der Waals surface area contributed by atoms with Crippen molar-refractivity contribution in [1.82, 2.24) is 9.71 Å². The van der Waals surface area contributed by atoms with Crippen molar-refractivity contribution in [3.63, 3.8) is 0 Å². The summed E-state index contributed by atoms with van der Waals surface area (Å²) in [5.41, 5.74) is 0. The van der Waals surface area contributed by atoms with Crippen LogP contribution in [0.4, 0.5) is 0 Å². The molecular formula is C5H5ClN2O3S2. The quantitative estimate of drug-likeness (QED) is 0.822. The highest BCUT2D eigenvalue weighted by Gasteiger charge is 2.18. The Morgan fingerprint density at radius 1 is 1.69 bits per heavy atom. The Kier molecular flexibility index (Phi) is 2.89. The van der Waals surface area contributed by atoms with Crippen molar-refractivity contribution < 1.29 is 13.2 Å². The summed E-state index contributed by atoms with van der Waals surface area (Å²) in [5.74, 6) is -0.649. The summed E-state index contributed by atoms with van der Waals surface area (Å²) < 4.78 is 24.3. The first-order valence-corrected chi connectivity index (χ1v) is 5.74. The van der Waals surface area contributed by atoms with Crippen molar-refractivity contribution in [3.05, 3.63) is 10.7 Å². The van der Waals surface area contributed by atoms with Gasteiger partial charge >= 0.3 is 0 Å². The van der Waals surface area contributed by atoms with Gasteiger partial charge in [0, 0.05) is 6.92 Å². The number of nitrogens with one attached hydrogen (secondary N) is 1. The summed E-state index contributed by atoms with van der Waals surface area (Å²) in [6.07, 6.45) is 1.10. The van der Waals surface area contributed by atoms with E-state index >= 15 is 0 Å². The minimum Gasteiger partial charge on any atom is -0.274 e. The van der Waals surface area contributed by atoms with Crippen LogP contribution in [0.3, 0.4) is 0 Å². The number of hydrogen-bond acceptors (Lipinski definition) is 5. The molecule has 0 aliphatic carbocycles. The Labute approximate surface area is 83.8 Å². The lowest BCUT2D eigenvalue weighted by Gasteiger charge is -1.98. The van der Waals surface area contributed by atoms with Gasteiger partial charge in [-0.1, -0.05) is 22.9 Å². The van der Waals surface area contributed by atoms with E-state index in [-0.39, 0.29) is 8.68 Å². The van der Waals surface area contributed by atoms with Gasteiger partial charge in [-0.25, -0.2) is 18.1 Å². The van der Waals surface area contributed by atoms with Gasteiger partial charge in [0.2, 0.25) is 5.91 Å². The van der Waals surface area contributed by atoms with Gasteiger partial charge in [-0.3, -0.25) is 4.79 Å². The van der Waals surface area contributed by atoms with Crippen LogP contribution in [0.2, 0.25) is 4.47 Å². The zero-order valence-electron chi connectivity index (χ0n) is 6.44. The number of hydrogen-bond donors (Lipinski definition) is 1. The normalized spacial score (nSPS) is 11.2. The number of amides is 1. The first kappa shape index (κ1) is 10.4. The summed E-state index contributed by atoms with van der Waals surface area (Å²) in [6.45, 7) is 1.11. The molecule has 1 heterocycles. The monoisotopic (exact) mass is 240 g/mol. The molecule has 1 amide bonds.